The fraction of sp³-hybridized carbons (Fsp3) is 0.417. The van der Waals surface area contributed by atoms with Gasteiger partial charge >= 0.3 is 0 Å². The molecule has 0 radical (unpaired) electrons. The molecular weight excluding hydrogens is 273 g/mol. The van der Waals surface area contributed by atoms with Gasteiger partial charge in [-0.25, -0.2) is 12.8 Å². The number of aliphatic hydroxyl groups excluding tert-OH is 1. The Morgan fingerprint density at radius 2 is 2.05 bits per heavy atom. The first-order valence-electron chi connectivity index (χ1n) is 6.82. The monoisotopic (exact) mass is 292 g/mol. The predicted molar refractivity (Wildman–Crippen MR) is 68.1 cm³/mol. The van der Waals surface area contributed by atoms with E-state index in [0.717, 1.165) is 6.26 Å². The zero-order valence-electron chi connectivity index (χ0n) is 13.1. The van der Waals surface area contributed by atoms with Gasteiger partial charge in [-0.2, -0.15) is 0 Å². The molecule has 0 aliphatic heterocycles. The maximum atomic E-state index is 13.0. The van der Waals surface area contributed by atoms with Crippen molar-refractivity contribution in [3.63, 3.8) is 0 Å². The smallest absolute Gasteiger partial charge is 0.217 e. The number of nitrogens with one attached hydrogen (secondary N) is 1. The summed E-state index contributed by atoms with van der Waals surface area (Å²) < 4.78 is 56.3. The average molecular weight is 292 g/mol. The molecule has 0 aliphatic rings. The molecule has 0 fully saturated rings. The van der Waals surface area contributed by atoms with Gasteiger partial charge in [0.25, 0.3) is 0 Å². The van der Waals surface area contributed by atoms with Crippen LogP contribution >= 0.6 is 0 Å². The number of amides is 1. The van der Waals surface area contributed by atoms with Crippen LogP contribution in [0.5, 0.6) is 0 Å². The third kappa shape index (κ3) is 4.29. The van der Waals surface area contributed by atoms with Crippen LogP contribution in [0.3, 0.4) is 0 Å². The number of halogens is 1. The largest absolute Gasteiger partial charge is 0.386 e. The fourth-order valence-electron chi connectivity index (χ4n) is 1.51. The summed E-state index contributed by atoms with van der Waals surface area (Å²) in [4.78, 5) is 11.3. The molecule has 0 heterocycles. The first kappa shape index (κ1) is 11.4. The van der Waals surface area contributed by atoms with Crippen LogP contribution in [0.4, 0.5) is 4.39 Å². The van der Waals surface area contributed by atoms with Gasteiger partial charge in [0.1, 0.15) is 12.8 Å². The van der Waals surface area contributed by atoms with Gasteiger partial charge < -0.3 is 10.4 Å². The van der Waals surface area contributed by atoms with E-state index in [4.69, 9.17) is 4.11 Å². The molecule has 1 amide bonds. The molecule has 2 N–H and O–H groups in total. The Labute approximate surface area is 115 Å². The minimum atomic E-state index is -3.41. The molecule has 5 nitrogen and oxygen atoms in total. The lowest BCUT2D eigenvalue weighted by Crippen LogP contribution is -2.39. The Morgan fingerprint density at radius 1 is 1.47 bits per heavy atom. The highest BCUT2D eigenvalue weighted by atomic mass is 32.2. The van der Waals surface area contributed by atoms with Gasteiger partial charge in [0, 0.05) is 17.2 Å². The maximum Gasteiger partial charge on any atom is 0.217 e. The third-order valence-corrected chi connectivity index (χ3v) is 3.64. The summed E-state index contributed by atoms with van der Waals surface area (Å²) in [5, 5.41) is 11.9. The Bertz CT molecular complexity index is 631. The molecule has 0 aromatic heterocycles. The van der Waals surface area contributed by atoms with E-state index >= 15 is 0 Å². The van der Waals surface area contributed by atoms with Crippen LogP contribution in [-0.2, 0) is 14.6 Å². The van der Waals surface area contributed by atoms with Crippen molar-refractivity contribution in [3.05, 3.63) is 29.8 Å². The number of rotatable bonds is 5. The van der Waals surface area contributed by atoms with Gasteiger partial charge in [0.15, 0.2) is 9.84 Å². The third-order valence-electron chi connectivity index (χ3n) is 2.51. The number of aliphatic hydroxyl groups is 1. The number of hydrogen-bond acceptors (Lipinski definition) is 4. The van der Waals surface area contributed by atoms with E-state index in [9.17, 15) is 22.7 Å². The maximum absolute atomic E-state index is 13.0. The van der Waals surface area contributed by atoms with Crippen LogP contribution in [0.2, 0.25) is 0 Å². The van der Waals surface area contributed by atoms with Crippen molar-refractivity contribution in [2.45, 2.75) is 23.9 Å². The molecule has 0 bridgehead atoms. The Morgan fingerprint density at radius 3 is 2.47 bits per heavy atom. The van der Waals surface area contributed by atoms with Gasteiger partial charge in [-0.15, -0.1) is 0 Å². The van der Waals surface area contributed by atoms with Crippen LogP contribution < -0.4 is 5.32 Å². The van der Waals surface area contributed by atoms with Crippen molar-refractivity contribution in [2.24, 2.45) is 0 Å². The van der Waals surface area contributed by atoms with Crippen molar-refractivity contribution in [2.75, 3.05) is 12.9 Å². The second-order valence-corrected chi connectivity index (χ2v) is 6.04. The molecule has 1 rings (SSSR count). The van der Waals surface area contributed by atoms with Gasteiger partial charge in [-0.05, 0) is 17.7 Å². The van der Waals surface area contributed by atoms with E-state index < -0.39 is 41.4 Å². The second-order valence-electron chi connectivity index (χ2n) is 4.02. The summed E-state index contributed by atoms with van der Waals surface area (Å²) in [7, 11) is -3.41. The highest BCUT2D eigenvalue weighted by Gasteiger charge is 2.22. The van der Waals surface area contributed by atoms with Crippen LogP contribution in [-0.4, -0.2) is 38.4 Å². The molecule has 0 aliphatic carbocycles. The van der Waals surface area contributed by atoms with Gasteiger partial charge in [-0.3, -0.25) is 4.79 Å². The molecular formula is C12H16FNO4S. The molecule has 0 saturated carbocycles. The minimum absolute atomic E-state index is 0.0202. The normalized spacial score (nSPS) is 17.7. The first-order chi connectivity index (χ1) is 9.96. The van der Waals surface area contributed by atoms with Gasteiger partial charge in [0.2, 0.25) is 5.91 Å². The SMILES string of the molecule is [2H]C([2H])([2H])C(=O)N[C@H](CF)[C@H](O)c1ccc(S(C)(=O)=O)cc1. The van der Waals surface area contributed by atoms with Crippen LogP contribution in [0, 0.1) is 0 Å². The molecule has 106 valence electrons. The first-order valence-corrected chi connectivity index (χ1v) is 7.21. The summed E-state index contributed by atoms with van der Waals surface area (Å²) >= 11 is 0. The van der Waals surface area contributed by atoms with E-state index in [2.05, 4.69) is 0 Å². The summed E-state index contributed by atoms with van der Waals surface area (Å²) in [5.74, 6) is -1.37. The van der Waals surface area contributed by atoms with E-state index in [1.807, 2.05) is 5.32 Å². The lowest BCUT2D eigenvalue weighted by atomic mass is 10.0. The molecule has 7 heteroatoms. The Hall–Kier alpha value is -1.47. The van der Waals surface area contributed by atoms with Gasteiger partial charge in [0.05, 0.1) is 10.9 Å². The van der Waals surface area contributed by atoms with Crippen molar-refractivity contribution in [1.82, 2.24) is 5.32 Å². The van der Waals surface area contributed by atoms with E-state index in [0.29, 0.717) is 0 Å². The lowest BCUT2D eigenvalue weighted by Gasteiger charge is -2.21. The van der Waals surface area contributed by atoms with E-state index in [1.54, 1.807) is 0 Å². The van der Waals surface area contributed by atoms with Crippen LogP contribution in [0.15, 0.2) is 29.2 Å². The van der Waals surface area contributed by atoms with Crippen molar-refractivity contribution < 1.29 is 26.8 Å². The predicted octanol–water partition coefficient (Wildman–Crippen LogP) is 0.598. The summed E-state index contributed by atoms with van der Waals surface area (Å²) in [6, 6.07) is 3.55. The topological polar surface area (TPSA) is 83.5 Å². The van der Waals surface area contributed by atoms with Crippen LogP contribution in [0.1, 0.15) is 22.6 Å². The van der Waals surface area contributed by atoms with Crippen molar-refractivity contribution in [3.8, 4) is 0 Å². The lowest BCUT2D eigenvalue weighted by molar-refractivity contribution is -0.120. The zero-order chi connectivity index (χ0) is 17.1. The molecule has 19 heavy (non-hydrogen) atoms. The molecule has 2 atom stereocenters. The van der Waals surface area contributed by atoms with Crippen molar-refractivity contribution >= 4 is 15.7 Å². The summed E-state index contributed by atoms with van der Waals surface area (Å²) in [6.45, 7) is -4.13. The fourth-order valence-corrected chi connectivity index (χ4v) is 2.15. The summed E-state index contributed by atoms with van der Waals surface area (Å²) in [6.07, 6.45) is -0.496. The van der Waals surface area contributed by atoms with Crippen LogP contribution in [0.25, 0.3) is 0 Å². The van der Waals surface area contributed by atoms with Crippen molar-refractivity contribution in [1.29, 1.82) is 0 Å². The molecule has 0 unspecified atom stereocenters. The number of carbonyl (C=O) groups excluding carboxylic acids is 1. The standard InChI is InChI=1S/C12H16FNO4S/c1-8(15)14-11(7-13)12(16)9-3-5-10(6-4-9)19(2,17)18/h3-6,11-12,16H,7H2,1-2H3,(H,14,15)/t11-,12-/m1/s1/i1D3. The van der Waals surface area contributed by atoms with Gasteiger partial charge in [-0.1, -0.05) is 12.1 Å². The van der Waals surface area contributed by atoms with E-state index in [1.165, 1.54) is 24.3 Å². The number of sulfone groups is 1. The summed E-state index contributed by atoms with van der Waals surface area (Å²) in [5.41, 5.74) is 0.154. The molecule has 1 aromatic rings. The number of benzene rings is 1. The molecule has 0 spiro atoms. The highest BCUT2D eigenvalue weighted by molar-refractivity contribution is 7.90. The average Bonchev–Trinajstić information content (AvgIpc) is 2.41. The number of hydrogen-bond donors (Lipinski definition) is 2. The Kier molecular flexibility index (Phi) is 3.66. The number of carbonyl (C=O) groups is 1. The number of alkyl halides is 1. The second kappa shape index (κ2) is 6.12. The van der Waals surface area contributed by atoms with E-state index in [-0.39, 0.29) is 10.5 Å². The zero-order valence-corrected chi connectivity index (χ0v) is 10.9. The Balaban J connectivity index is 2.93. The minimum Gasteiger partial charge on any atom is -0.386 e. The quantitative estimate of drug-likeness (QED) is 0.832. The molecule has 1 aromatic carbocycles. The molecule has 0 saturated heterocycles. The highest BCUT2D eigenvalue weighted by Crippen LogP contribution is 2.19.